The van der Waals surface area contributed by atoms with Crippen molar-refractivity contribution in [2.24, 2.45) is 0 Å². The molecule has 16 heavy (non-hydrogen) atoms. The Morgan fingerprint density at radius 1 is 1.12 bits per heavy atom. The van der Waals surface area contributed by atoms with Gasteiger partial charge in [0.15, 0.2) is 0 Å². The highest BCUT2D eigenvalue weighted by Gasteiger charge is 2.05. The summed E-state index contributed by atoms with van der Waals surface area (Å²) in [5.41, 5.74) is 1.09. The van der Waals surface area contributed by atoms with Crippen LogP contribution < -0.4 is 5.56 Å². The summed E-state index contributed by atoms with van der Waals surface area (Å²) in [6, 6.07) is 12.1. The molecule has 2 aromatic rings. The summed E-state index contributed by atoms with van der Waals surface area (Å²) >= 11 is 0. The maximum Gasteiger partial charge on any atom is 0.255 e. The van der Waals surface area contributed by atoms with E-state index in [0.29, 0.717) is 5.56 Å². The lowest BCUT2D eigenvalue weighted by atomic mass is 10.2. The van der Waals surface area contributed by atoms with Gasteiger partial charge in [0, 0.05) is 23.5 Å². The summed E-state index contributed by atoms with van der Waals surface area (Å²) in [6.07, 6.45) is 0.470. The Hall–Kier alpha value is -1.90. The second-order valence-corrected chi connectivity index (χ2v) is 3.62. The first-order valence-corrected chi connectivity index (χ1v) is 5.10. The van der Waals surface area contributed by atoms with Gasteiger partial charge in [-0.2, -0.15) is 0 Å². The molecule has 0 aliphatic heterocycles. The van der Waals surface area contributed by atoms with Crippen molar-refractivity contribution in [3.8, 4) is 5.69 Å². The summed E-state index contributed by atoms with van der Waals surface area (Å²) in [5.74, 6) is 0. The molecule has 0 aliphatic carbocycles. The molecular weight excluding hydrogens is 205 g/mol. The number of pyridine rings is 1. The normalized spacial score (nSPS) is 12.4. The predicted molar refractivity (Wildman–Crippen MR) is 61.6 cm³/mol. The first kappa shape index (κ1) is 10.6. The van der Waals surface area contributed by atoms with Gasteiger partial charge >= 0.3 is 0 Å². The van der Waals surface area contributed by atoms with Crippen LogP contribution in [0.4, 0.5) is 4.39 Å². The molecule has 1 heterocycles. The van der Waals surface area contributed by atoms with E-state index in [1.54, 1.807) is 6.20 Å². The molecule has 0 saturated carbocycles. The molecule has 2 rings (SSSR count). The minimum Gasteiger partial charge on any atom is -0.284 e. The number of alkyl halides is 1. The van der Waals surface area contributed by atoms with Crippen LogP contribution in [0.2, 0.25) is 0 Å². The molecule has 0 aliphatic rings. The predicted octanol–water partition coefficient (Wildman–Crippen LogP) is 2.87. The van der Waals surface area contributed by atoms with Gasteiger partial charge in [0.05, 0.1) is 0 Å². The topological polar surface area (TPSA) is 22.0 Å². The molecule has 0 bridgehead atoms. The fourth-order valence-corrected chi connectivity index (χ4v) is 1.53. The van der Waals surface area contributed by atoms with Crippen LogP contribution >= 0.6 is 0 Å². The first-order valence-electron chi connectivity index (χ1n) is 5.10. The summed E-state index contributed by atoms with van der Waals surface area (Å²) in [7, 11) is 0. The fraction of sp³-hybridized carbons (Fsp3) is 0.154. The Balaban J connectivity index is 2.56. The fourth-order valence-electron chi connectivity index (χ4n) is 1.53. The number of para-hydroxylation sites is 1. The monoisotopic (exact) mass is 217 g/mol. The smallest absolute Gasteiger partial charge is 0.255 e. The quantitative estimate of drug-likeness (QED) is 0.758. The number of benzene rings is 1. The molecule has 0 N–H and O–H groups in total. The maximum atomic E-state index is 13.1. The van der Waals surface area contributed by atoms with E-state index in [1.807, 2.05) is 30.3 Å². The van der Waals surface area contributed by atoms with Crippen molar-refractivity contribution >= 4 is 0 Å². The Labute approximate surface area is 93.0 Å². The van der Waals surface area contributed by atoms with E-state index in [2.05, 4.69) is 0 Å². The Morgan fingerprint density at radius 2 is 1.81 bits per heavy atom. The third kappa shape index (κ3) is 2.03. The minimum absolute atomic E-state index is 0.157. The van der Waals surface area contributed by atoms with Crippen LogP contribution in [-0.2, 0) is 0 Å². The standard InChI is InChI=1S/C13H12FNO/c1-10(14)11-7-8-13(16)15(9-11)12-5-3-2-4-6-12/h2-10H,1H3. The van der Waals surface area contributed by atoms with Gasteiger partial charge in [-0.15, -0.1) is 0 Å². The van der Waals surface area contributed by atoms with Gasteiger partial charge in [-0.05, 0) is 25.1 Å². The van der Waals surface area contributed by atoms with Gasteiger partial charge in [-0.1, -0.05) is 18.2 Å². The van der Waals surface area contributed by atoms with Crippen molar-refractivity contribution < 1.29 is 4.39 Å². The van der Waals surface area contributed by atoms with E-state index in [1.165, 1.54) is 23.6 Å². The van der Waals surface area contributed by atoms with Crippen molar-refractivity contribution in [1.29, 1.82) is 0 Å². The molecule has 1 aromatic carbocycles. The van der Waals surface area contributed by atoms with Gasteiger partial charge in [0.2, 0.25) is 0 Å². The maximum absolute atomic E-state index is 13.1. The average molecular weight is 217 g/mol. The Kier molecular flexibility index (Phi) is 2.86. The lowest BCUT2D eigenvalue weighted by molar-refractivity contribution is 0.372. The van der Waals surface area contributed by atoms with Gasteiger partial charge in [-0.3, -0.25) is 9.36 Å². The Morgan fingerprint density at radius 3 is 2.44 bits per heavy atom. The van der Waals surface area contributed by atoms with E-state index in [-0.39, 0.29) is 5.56 Å². The zero-order valence-corrected chi connectivity index (χ0v) is 8.93. The number of nitrogens with zero attached hydrogens (tertiary/aromatic N) is 1. The highest BCUT2D eigenvalue weighted by molar-refractivity contribution is 5.33. The average Bonchev–Trinajstić information content (AvgIpc) is 2.30. The largest absolute Gasteiger partial charge is 0.284 e. The second-order valence-electron chi connectivity index (χ2n) is 3.62. The molecule has 3 heteroatoms. The third-order valence-electron chi connectivity index (χ3n) is 2.43. The second kappa shape index (κ2) is 4.31. The summed E-state index contributed by atoms with van der Waals surface area (Å²) in [5, 5.41) is 0. The summed E-state index contributed by atoms with van der Waals surface area (Å²) in [4.78, 5) is 11.6. The number of halogens is 1. The molecule has 1 aromatic heterocycles. The van der Waals surface area contributed by atoms with Crippen LogP contribution in [-0.4, -0.2) is 4.57 Å². The zero-order valence-electron chi connectivity index (χ0n) is 8.93. The lowest BCUT2D eigenvalue weighted by Crippen LogP contribution is -2.17. The SMILES string of the molecule is CC(F)c1ccc(=O)n(-c2ccccc2)c1. The van der Waals surface area contributed by atoms with E-state index in [9.17, 15) is 9.18 Å². The zero-order chi connectivity index (χ0) is 11.5. The minimum atomic E-state index is -1.07. The van der Waals surface area contributed by atoms with Crippen LogP contribution in [0.25, 0.3) is 5.69 Å². The number of hydrogen-bond acceptors (Lipinski definition) is 1. The van der Waals surface area contributed by atoms with Crippen LogP contribution in [0.1, 0.15) is 18.7 Å². The van der Waals surface area contributed by atoms with E-state index < -0.39 is 6.17 Å². The molecule has 0 amide bonds. The van der Waals surface area contributed by atoms with Crippen molar-refractivity contribution in [3.05, 3.63) is 64.6 Å². The molecule has 0 spiro atoms. The third-order valence-corrected chi connectivity index (χ3v) is 2.43. The van der Waals surface area contributed by atoms with Crippen LogP contribution in [0.5, 0.6) is 0 Å². The number of rotatable bonds is 2. The lowest BCUT2D eigenvalue weighted by Gasteiger charge is -2.08. The summed E-state index contributed by atoms with van der Waals surface area (Å²) in [6.45, 7) is 1.45. The van der Waals surface area contributed by atoms with Crippen molar-refractivity contribution in [2.75, 3.05) is 0 Å². The molecule has 0 saturated heterocycles. The van der Waals surface area contributed by atoms with Crippen LogP contribution in [0.3, 0.4) is 0 Å². The van der Waals surface area contributed by atoms with E-state index >= 15 is 0 Å². The molecule has 2 nitrogen and oxygen atoms in total. The van der Waals surface area contributed by atoms with E-state index in [4.69, 9.17) is 0 Å². The molecular formula is C13H12FNO. The molecule has 0 radical (unpaired) electrons. The molecule has 0 fully saturated rings. The van der Waals surface area contributed by atoms with Gasteiger partial charge in [0.25, 0.3) is 5.56 Å². The highest BCUT2D eigenvalue weighted by atomic mass is 19.1. The van der Waals surface area contributed by atoms with Crippen LogP contribution in [0, 0.1) is 0 Å². The summed E-state index contributed by atoms with van der Waals surface area (Å²) < 4.78 is 14.6. The van der Waals surface area contributed by atoms with Gasteiger partial charge in [0.1, 0.15) is 6.17 Å². The van der Waals surface area contributed by atoms with Crippen LogP contribution in [0.15, 0.2) is 53.5 Å². The molecule has 1 atom stereocenters. The molecule has 1 unspecified atom stereocenters. The van der Waals surface area contributed by atoms with Gasteiger partial charge < -0.3 is 0 Å². The number of aromatic nitrogens is 1. The van der Waals surface area contributed by atoms with Crippen molar-refractivity contribution in [1.82, 2.24) is 4.57 Å². The number of hydrogen-bond donors (Lipinski definition) is 0. The molecule has 82 valence electrons. The Bertz CT molecular complexity index is 531. The van der Waals surface area contributed by atoms with Crippen molar-refractivity contribution in [3.63, 3.8) is 0 Å². The first-order chi connectivity index (χ1) is 7.68. The van der Waals surface area contributed by atoms with Crippen molar-refractivity contribution in [2.45, 2.75) is 13.1 Å². The highest BCUT2D eigenvalue weighted by Crippen LogP contribution is 2.15. The van der Waals surface area contributed by atoms with E-state index in [0.717, 1.165) is 5.69 Å². The van der Waals surface area contributed by atoms with Gasteiger partial charge in [-0.25, -0.2) is 4.39 Å².